The number of hydrogen-bond acceptors (Lipinski definition) is 2. The molecule has 0 fully saturated rings. The van der Waals surface area contributed by atoms with Crippen molar-refractivity contribution in [2.45, 2.75) is 18.9 Å². The summed E-state index contributed by atoms with van der Waals surface area (Å²) in [6.45, 7) is 0. The Morgan fingerprint density at radius 3 is 3.12 bits per heavy atom. The molecule has 1 aliphatic heterocycles. The molecule has 0 saturated heterocycles. The quantitative estimate of drug-likeness (QED) is 0.750. The van der Waals surface area contributed by atoms with Crippen LogP contribution in [-0.2, 0) is 6.42 Å². The Bertz CT molecular complexity index is 609. The van der Waals surface area contributed by atoms with Crippen LogP contribution in [0.25, 0.3) is 0 Å². The molecule has 0 N–H and O–H groups in total. The van der Waals surface area contributed by atoms with Crippen molar-refractivity contribution >= 4 is 0 Å². The zero-order chi connectivity index (χ0) is 11.8. The largest absolute Gasteiger partial charge is 0.327 e. The lowest BCUT2D eigenvalue weighted by molar-refractivity contribution is 0.547. The Kier molecular flexibility index (Phi) is 2.19. The Hall–Kier alpha value is -2.15. The van der Waals surface area contributed by atoms with Crippen LogP contribution in [0.3, 0.4) is 0 Å². The van der Waals surface area contributed by atoms with Crippen LogP contribution < -0.4 is 0 Å². The first kappa shape index (κ1) is 10.0. The fourth-order valence-corrected chi connectivity index (χ4v) is 2.40. The molecule has 3 nitrogen and oxygen atoms in total. The molecule has 0 unspecified atom stereocenters. The average Bonchev–Trinajstić information content (AvgIpc) is 2.91. The van der Waals surface area contributed by atoms with Gasteiger partial charge in [0.2, 0.25) is 0 Å². The molecule has 84 valence electrons. The average molecular weight is 227 g/mol. The van der Waals surface area contributed by atoms with Gasteiger partial charge in [-0.2, -0.15) is 5.26 Å². The first-order valence-electron chi connectivity index (χ1n) is 5.51. The molecule has 0 amide bonds. The molecule has 0 radical (unpaired) electrons. The van der Waals surface area contributed by atoms with Crippen molar-refractivity contribution in [3.05, 3.63) is 53.4 Å². The van der Waals surface area contributed by atoms with Gasteiger partial charge >= 0.3 is 0 Å². The highest BCUT2D eigenvalue weighted by Crippen LogP contribution is 2.32. The van der Waals surface area contributed by atoms with Crippen LogP contribution in [0.4, 0.5) is 4.39 Å². The van der Waals surface area contributed by atoms with Crippen molar-refractivity contribution in [2.75, 3.05) is 0 Å². The SMILES string of the molecule is N#Cc1ccc([C@H]2CCc3nccn32)c(F)c1. The van der Waals surface area contributed by atoms with Crippen LogP contribution in [0.2, 0.25) is 0 Å². The van der Waals surface area contributed by atoms with E-state index >= 15 is 0 Å². The summed E-state index contributed by atoms with van der Waals surface area (Å²) in [4.78, 5) is 4.22. The summed E-state index contributed by atoms with van der Waals surface area (Å²) in [5.41, 5.74) is 0.996. The lowest BCUT2D eigenvalue weighted by atomic mass is 10.0. The van der Waals surface area contributed by atoms with E-state index in [1.54, 1.807) is 18.3 Å². The van der Waals surface area contributed by atoms with Gasteiger partial charge in [0.1, 0.15) is 11.6 Å². The molecule has 1 atom stereocenters. The molecule has 3 rings (SSSR count). The number of rotatable bonds is 1. The number of nitrogens with zero attached hydrogens (tertiary/aromatic N) is 3. The smallest absolute Gasteiger partial charge is 0.129 e. The molecule has 0 bridgehead atoms. The Labute approximate surface area is 98.1 Å². The number of halogens is 1. The summed E-state index contributed by atoms with van der Waals surface area (Å²) in [5, 5.41) is 8.71. The van der Waals surface area contributed by atoms with Crippen LogP contribution >= 0.6 is 0 Å². The maximum atomic E-state index is 13.9. The van der Waals surface area contributed by atoms with Gasteiger partial charge in [-0.05, 0) is 18.6 Å². The molecule has 0 aliphatic carbocycles. The summed E-state index contributed by atoms with van der Waals surface area (Å²) in [7, 11) is 0. The molecule has 2 aromatic rings. The van der Waals surface area contributed by atoms with Crippen molar-refractivity contribution < 1.29 is 4.39 Å². The number of aromatic nitrogens is 2. The van der Waals surface area contributed by atoms with Gasteiger partial charge in [0, 0.05) is 24.4 Å². The van der Waals surface area contributed by atoms with E-state index in [0.717, 1.165) is 18.7 Å². The Morgan fingerprint density at radius 1 is 1.47 bits per heavy atom. The molecule has 0 spiro atoms. The van der Waals surface area contributed by atoms with E-state index in [-0.39, 0.29) is 11.9 Å². The molecule has 1 aromatic carbocycles. The summed E-state index contributed by atoms with van der Waals surface area (Å²) in [6.07, 6.45) is 5.36. The Morgan fingerprint density at radius 2 is 2.35 bits per heavy atom. The van der Waals surface area contributed by atoms with E-state index < -0.39 is 0 Å². The van der Waals surface area contributed by atoms with Gasteiger partial charge in [-0.1, -0.05) is 6.07 Å². The second-order valence-electron chi connectivity index (χ2n) is 4.15. The molecule has 4 heteroatoms. The minimum absolute atomic E-state index is 0.0141. The first-order valence-corrected chi connectivity index (χ1v) is 5.51. The topological polar surface area (TPSA) is 41.6 Å². The summed E-state index contributed by atoms with van der Waals surface area (Å²) in [6, 6.07) is 6.61. The lowest BCUT2D eigenvalue weighted by Gasteiger charge is -2.14. The fraction of sp³-hybridized carbons (Fsp3) is 0.231. The van der Waals surface area contributed by atoms with Crippen molar-refractivity contribution in [1.29, 1.82) is 5.26 Å². The molecule has 17 heavy (non-hydrogen) atoms. The van der Waals surface area contributed by atoms with Gasteiger partial charge in [0.05, 0.1) is 17.7 Å². The van der Waals surface area contributed by atoms with Crippen LogP contribution in [0.5, 0.6) is 0 Å². The van der Waals surface area contributed by atoms with E-state index in [1.165, 1.54) is 6.07 Å². The molecular formula is C13H10FN3. The highest BCUT2D eigenvalue weighted by Gasteiger charge is 2.25. The van der Waals surface area contributed by atoms with Gasteiger partial charge in [-0.15, -0.1) is 0 Å². The van der Waals surface area contributed by atoms with Crippen molar-refractivity contribution in [3.63, 3.8) is 0 Å². The number of hydrogen-bond donors (Lipinski definition) is 0. The highest BCUT2D eigenvalue weighted by molar-refractivity contribution is 5.35. The maximum absolute atomic E-state index is 13.9. The molecular weight excluding hydrogens is 217 g/mol. The van der Waals surface area contributed by atoms with E-state index in [0.29, 0.717) is 11.1 Å². The molecule has 2 heterocycles. The second kappa shape index (κ2) is 3.70. The standard InChI is InChI=1S/C13H10FN3/c14-11-7-9(8-15)1-2-10(11)12-3-4-13-16-5-6-17(12)13/h1-2,5-7,12H,3-4H2/t12-/m1/s1. The third kappa shape index (κ3) is 1.51. The van der Waals surface area contributed by atoms with Crippen molar-refractivity contribution in [1.82, 2.24) is 9.55 Å². The number of aryl methyl sites for hydroxylation is 1. The normalized spacial score (nSPS) is 17.8. The number of nitriles is 1. The zero-order valence-corrected chi connectivity index (χ0v) is 9.10. The predicted octanol–water partition coefficient (Wildman–Crippen LogP) is 2.43. The van der Waals surface area contributed by atoms with E-state index in [2.05, 4.69) is 4.98 Å². The summed E-state index contributed by atoms with van der Waals surface area (Å²) < 4.78 is 15.9. The van der Waals surface area contributed by atoms with Gasteiger partial charge in [0.15, 0.2) is 0 Å². The number of benzene rings is 1. The zero-order valence-electron chi connectivity index (χ0n) is 9.10. The second-order valence-corrected chi connectivity index (χ2v) is 4.15. The Balaban J connectivity index is 2.05. The third-order valence-electron chi connectivity index (χ3n) is 3.21. The lowest BCUT2D eigenvalue weighted by Crippen LogP contribution is -2.06. The minimum Gasteiger partial charge on any atom is -0.327 e. The van der Waals surface area contributed by atoms with E-state index in [4.69, 9.17) is 5.26 Å². The summed E-state index contributed by atoms with van der Waals surface area (Å²) in [5.74, 6) is 0.689. The third-order valence-corrected chi connectivity index (χ3v) is 3.21. The van der Waals surface area contributed by atoms with Crippen LogP contribution in [-0.4, -0.2) is 9.55 Å². The van der Waals surface area contributed by atoms with E-state index in [1.807, 2.05) is 16.8 Å². The highest BCUT2D eigenvalue weighted by atomic mass is 19.1. The van der Waals surface area contributed by atoms with Crippen LogP contribution in [0.15, 0.2) is 30.6 Å². The number of fused-ring (bicyclic) bond motifs is 1. The van der Waals surface area contributed by atoms with Gasteiger partial charge in [-0.25, -0.2) is 9.37 Å². The van der Waals surface area contributed by atoms with Gasteiger partial charge < -0.3 is 4.57 Å². The number of imidazole rings is 1. The predicted molar refractivity (Wildman–Crippen MR) is 59.8 cm³/mol. The van der Waals surface area contributed by atoms with Crippen LogP contribution in [0, 0.1) is 17.1 Å². The van der Waals surface area contributed by atoms with E-state index in [9.17, 15) is 4.39 Å². The summed E-state index contributed by atoms with van der Waals surface area (Å²) >= 11 is 0. The monoisotopic (exact) mass is 227 g/mol. The minimum atomic E-state index is -0.310. The molecule has 1 aromatic heterocycles. The van der Waals surface area contributed by atoms with Gasteiger partial charge in [0.25, 0.3) is 0 Å². The molecule has 0 saturated carbocycles. The maximum Gasteiger partial charge on any atom is 0.129 e. The first-order chi connectivity index (χ1) is 8.29. The van der Waals surface area contributed by atoms with Crippen molar-refractivity contribution in [3.8, 4) is 6.07 Å². The van der Waals surface area contributed by atoms with Crippen LogP contribution in [0.1, 0.15) is 29.4 Å². The van der Waals surface area contributed by atoms with Gasteiger partial charge in [-0.3, -0.25) is 0 Å². The van der Waals surface area contributed by atoms with Crippen molar-refractivity contribution in [2.24, 2.45) is 0 Å². The fourth-order valence-electron chi connectivity index (χ4n) is 2.40. The molecule has 1 aliphatic rings.